The van der Waals surface area contributed by atoms with Gasteiger partial charge in [-0.15, -0.1) is 24.8 Å². The first-order valence-corrected chi connectivity index (χ1v) is 6.43. The molecule has 2 heterocycles. The number of piperazine rings is 1. The summed E-state index contributed by atoms with van der Waals surface area (Å²) < 4.78 is 26.3. The molecule has 0 aliphatic carbocycles. The van der Waals surface area contributed by atoms with E-state index >= 15 is 0 Å². The third kappa shape index (κ3) is 4.49. The minimum atomic E-state index is -2.54. The van der Waals surface area contributed by atoms with Gasteiger partial charge in [-0.2, -0.15) is 0 Å². The molecular weight excluding hydrogens is 335 g/mol. The SMILES string of the molecule is Cl.Cl.O=[N+]([O-])c1cc([C@@H](C(F)F)N2CCNCC2)cs1. The van der Waals surface area contributed by atoms with E-state index in [0.29, 0.717) is 31.7 Å². The van der Waals surface area contributed by atoms with Crippen LogP contribution in [-0.4, -0.2) is 42.4 Å². The van der Waals surface area contributed by atoms with E-state index in [-0.39, 0.29) is 29.8 Å². The Hall–Kier alpha value is -0.540. The van der Waals surface area contributed by atoms with E-state index in [1.165, 1.54) is 11.4 Å². The van der Waals surface area contributed by atoms with Gasteiger partial charge in [0.25, 0.3) is 6.43 Å². The second-order valence-corrected chi connectivity index (χ2v) is 4.93. The fourth-order valence-corrected chi connectivity index (χ4v) is 2.82. The molecule has 0 amide bonds. The molecule has 20 heavy (non-hydrogen) atoms. The molecule has 0 aromatic carbocycles. The number of nitrogens with zero attached hydrogens (tertiary/aromatic N) is 2. The lowest BCUT2D eigenvalue weighted by molar-refractivity contribution is -0.380. The monoisotopic (exact) mass is 349 g/mol. The van der Waals surface area contributed by atoms with Crippen LogP contribution in [-0.2, 0) is 0 Å². The Labute approximate surface area is 131 Å². The summed E-state index contributed by atoms with van der Waals surface area (Å²) in [4.78, 5) is 11.7. The van der Waals surface area contributed by atoms with E-state index in [1.54, 1.807) is 4.90 Å². The summed E-state index contributed by atoms with van der Waals surface area (Å²) in [7, 11) is 0. The zero-order valence-corrected chi connectivity index (χ0v) is 12.8. The van der Waals surface area contributed by atoms with Crippen molar-refractivity contribution in [3.8, 4) is 0 Å². The lowest BCUT2D eigenvalue weighted by Gasteiger charge is -2.33. The minimum Gasteiger partial charge on any atom is -0.314 e. The van der Waals surface area contributed by atoms with Crippen LogP contribution in [0.15, 0.2) is 11.4 Å². The van der Waals surface area contributed by atoms with Crippen LogP contribution in [0.2, 0.25) is 0 Å². The molecule has 0 unspecified atom stereocenters. The van der Waals surface area contributed by atoms with Crippen LogP contribution in [0.4, 0.5) is 13.8 Å². The lowest BCUT2D eigenvalue weighted by Crippen LogP contribution is -2.46. The number of rotatable bonds is 4. The van der Waals surface area contributed by atoms with Crippen LogP contribution in [0.1, 0.15) is 11.6 Å². The topological polar surface area (TPSA) is 58.4 Å². The first-order valence-electron chi connectivity index (χ1n) is 5.55. The van der Waals surface area contributed by atoms with Gasteiger partial charge in [0.2, 0.25) is 0 Å². The normalized spacial score (nSPS) is 17.1. The molecule has 1 N–H and O–H groups in total. The van der Waals surface area contributed by atoms with E-state index < -0.39 is 17.4 Å². The van der Waals surface area contributed by atoms with Crippen molar-refractivity contribution in [1.82, 2.24) is 10.2 Å². The summed E-state index contributed by atoms with van der Waals surface area (Å²) in [5.74, 6) is 0. The van der Waals surface area contributed by atoms with Gasteiger partial charge in [-0.1, -0.05) is 11.3 Å². The zero-order chi connectivity index (χ0) is 13.1. The van der Waals surface area contributed by atoms with Crippen molar-refractivity contribution in [3.63, 3.8) is 0 Å². The highest BCUT2D eigenvalue weighted by molar-refractivity contribution is 7.13. The molecule has 116 valence electrons. The van der Waals surface area contributed by atoms with Crippen LogP contribution >= 0.6 is 36.2 Å². The summed E-state index contributed by atoms with van der Waals surface area (Å²) in [6.07, 6.45) is -2.54. The predicted octanol–water partition coefficient (Wildman–Crippen LogP) is 2.71. The average Bonchev–Trinajstić information content (AvgIpc) is 2.79. The highest BCUT2D eigenvalue weighted by Crippen LogP contribution is 2.33. The summed E-state index contributed by atoms with van der Waals surface area (Å²) in [6.45, 7) is 2.38. The number of halogens is 4. The van der Waals surface area contributed by atoms with Crippen LogP contribution < -0.4 is 5.32 Å². The third-order valence-electron chi connectivity index (χ3n) is 2.91. The van der Waals surface area contributed by atoms with Crippen molar-refractivity contribution in [3.05, 3.63) is 27.1 Å². The maximum Gasteiger partial charge on any atom is 0.324 e. The van der Waals surface area contributed by atoms with Crippen molar-refractivity contribution in [2.24, 2.45) is 0 Å². The van der Waals surface area contributed by atoms with Gasteiger partial charge in [0.1, 0.15) is 0 Å². The second-order valence-electron chi connectivity index (χ2n) is 4.04. The number of hydrogen-bond donors (Lipinski definition) is 1. The van der Waals surface area contributed by atoms with Crippen molar-refractivity contribution in [2.45, 2.75) is 12.5 Å². The Kier molecular flexibility index (Phi) is 8.45. The Morgan fingerprint density at radius 3 is 2.40 bits per heavy atom. The lowest BCUT2D eigenvalue weighted by atomic mass is 10.1. The number of hydrogen-bond acceptors (Lipinski definition) is 5. The molecular formula is C10H15Cl2F2N3O2S. The maximum atomic E-state index is 13.2. The second kappa shape index (κ2) is 8.68. The smallest absolute Gasteiger partial charge is 0.314 e. The molecule has 0 spiro atoms. The predicted molar refractivity (Wildman–Crippen MR) is 78.7 cm³/mol. The molecule has 5 nitrogen and oxygen atoms in total. The molecule has 1 aromatic heterocycles. The quantitative estimate of drug-likeness (QED) is 0.670. The Morgan fingerprint density at radius 1 is 1.35 bits per heavy atom. The molecule has 10 heteroatoms. The molecule has 0 saturated carbocycles. The Bertz CT molecular complexity index is 430. The maximum absolute atomic E-state index is 13.2. The van der Waals surface area contributed by atoms with Gasteiger partial charge in [0.05, 0.1) is 11.0 Å². The Morgan fingerprint density at radius 2 is 1.95 bits per heavy atom. The van der Waals surface area contributed by atoms with Crippen molar-refractivity contribution >= 4 is 41.2 Å². The van der Waals surface area contributed by atoms with E-state index in [1.807, 2.05) is 0 Å². The molecule has 0 radical (unpaired) electrons. The van der Waals surface area contributed by atoms with Crippen molar-refractivity contribution in [2.75, 3.05) is 26.2 Å². The number of alkyl halides is 2. The minimum absolute atomic E-state index is 0. The average molecular weight is 350 g/mol. The first-order chi connectivity index (χ1) is 8.59. The van der Waals surface area contributed by atoms with Crippen molar-refractivity contribution < 1.29 is 13.7 Å². The van der Waals surface area contributed by atoms with Crippen LogP contribution in [0.25, 0.3) is 0 Å². The molecule has 1 aromatic rings. The van der Waals surface area contributed by atoms with E-state index in [2.05, 4.69) is 5.32 Å². The highest BCUT2D eigenvalue weighted by atomic mass is 35.5. The van der Waals surface area contributed by atoms with Gasteiger partial charge < -0.3 is 5.32 Å². The molecule has 0 bridgehead atoms. The van der Waals surface area contributed by atoms with Crippen LogP contribution in [0.3, 0.4) is 0 Å². The summed E-state index contributed by atoms with van der Waals surface area (Å²) in [6, 6.07) is 0.209. The number of nitro groups is 1. The van der Waals surface area contributed by atoms with Gasteiger partial charge in [-0.05, 0) is 5.56 Å². The first kappa shape index (κ1) is 19.5. The highest BCUT2D eigenvalue weighted by Gasteiger charge is 2.31. The van der Waals surface area contributed by atoms with Gasteiger partial charge >= 0.3 is 5.00 Å². The van der Waals surface area contributed by atoms with Gasteiger partial charge in [-0.25, -0.2) is 8.78 Å². The Balaban J connectivity index is 0.00000180. The van der Waals surface area contributed by atoms with Crippen LogP contribution in [0.5, 0.6) is 0 Å². The fourth-order valence-electron chi connectivity index (χ4n) is 2.07. The zero-order valence-electron chi connectivity index (χ0n) is 10.3. The van der Waals surface area contributed by atoms with Crippen LogP contribution in [0, 0.1) is 10.1 Å². The summed E-state index contributed by atoms with van der Waals surface area (Å²) in [5.41, 5.74) is 0.337. The van der Waals surface area contributed by atoms with Gasteiger partial charge in [0, 0.05) is 37.6 Å². The van der Waals surface area contributed by atoms with E-state index in [9.17, 15) is 18.9 Å². The van der Waals surface area contributed by atoms with Gasteiger partial charge in [-0.3, -0.25) is 15.0 Å². The molecule has 1 fully saturated rings. The number of nitrogens with one attached hydrogen (secondary N) is 1. The van der Waals surface area contributed by atoms with Gasteiger partial charge in [0.15, 0.2) is 0 Å². The standard InChI is InChI=1S/C10H13F2N3O2S.2ClH/c11-10(12)9(14-3-1-13-2-4-14)7-5-8(15(16)17)18-6-7;;/h5-6,9-10,13H,1-4H2;2*1H/t9-;;/m0../s1. The third-order valence-corrected chi connectivity index (χ3v) is 3.81. The van der Waals surface area contributed by atoms with Crippen molar-refractivity contribution in [1.29, 1.82) is 0 Å². The van der Waals surface area contributed by atoms with E-state index in [4.69, 9.17) is 0 Å². The number of thiophene rings is 1. The molecule has 1 aliphatic rings. The molecule has 2 rings (SSSR count). The summed E-state index contributed by atoms with van der Waals surface area (Å²) in [5, 5.41) is 15.0. The van der Waals surface area contributed by atoms with E-state index in [0.717, 1.165) is 11.3 Å². The largest absolute Gasteiger partial charge is 0.324 e. The fraction of sp³-hybridized carbons (Fsp3) is 0.600. The molecule has 1 aliphatic heterocycles. The molecule has 1 saturated heterocycles. The summed E-state index contributed by atoms with van der Waals surface area (Å²) >= 11 is 0.893. The molecule has 1 atom stereocenters.